The molecule has 0 aliphatic carbocycles. The number of hydrogen-bond acceptors (Lipinski definition) is 6. The van der Waals surface area contributed by atoms with Crippen LogP contribution in [0.1, 0.15) is 38.1 Å². The molecule has 3 aromatic rings. The normalized spacial score (nSPS) is 17.8. The molecular weight excluding hydrogens is 381 g/mol. The Labute approximate surface area is 176 Å². The summed E-state index contributed by atoms with van der Waals surface area (Å²) in [5.74, 6) is 0.232. The first-order valence-electron chi connectivity index (χ1n) is 10.5. The minimum atomic E-state index is -1.00. The van der Waals surface area contributed by atoms with E-state index in [0.29, 0.717) is 22.7 Å². The monoisotopic (exact) mass is 409 g/mol. The van der Waals surface area contributed by atoms with Crippen molar-refractivity contribution in [3.8, 4) is 0 Å². The molecule has 1 aliphatic rings. The van der Waals surface area contributed by atoms with Gasteiger partial charge in [-0.1, -0.05) is 6.92 Å². The smallest absolute Gasteiger partial charge is 0.164 e. The highest BCUT2D eigenvalue weighted by Crippen LogP contribution is 2.36. The minimum absolute atomic E-state index is 0.163. The van der Waals surface area contributed by atoms with Gasteiger partial charge in [0.2, 0.25) is 0 Å². The molecule has 0 radical (unpaired) electrons. The molecule has 2 N–H and O–H groups in total. The number of aliphatic hydroxyl groups is 1. The number of anilines is 2. The van der Waals surface area contributed by atoms with Gasteiger partial charge < -0.3 is 15.3 Å². The molecule has 0 saturated carbocycles. The molecule has 0 bridgehead atoms. The van der Waals surface area contributed by atoms with E-state index in [0.717, 1.165) is 43.4 Å². The average Bonchev–Trinajstić information content (AvgIpc) is 2.75. The van der Waals surface area contributed by atoms with Crippen molar-refractivity contribution in [1.29, 1.82) is 0 Å². The van der Waals surface area contributed by atoms with Crippen LogP contribution in [0, 0.1) is 11.7 Å². The largest absolute Gasteiger partial charge is 0.384 e. The second-order valence-corrected chi connectivity index (χ2v) is 8.32. The lowest BCUT2D eigenvalue weighted by atomic mass is 9.79. The van der Waals surface area contributed by atoms with E-state index >= 15 is 0 Å². The summed E-state index contributed by atoms with van der Waals surface area (Å²) in [5, 5.41) is 15.2. The Hall–Kier alpha value is -2.64. The number of halogens is 1. The van der Waals surface area contributed by atoms with Crippen molar-refractivity contribution < 1.29 is 9.50 Å². The number of nitrogens with zero attached hydrogens (tertiary/aromatic N) is 4. The summed E-state index contributed by atoms with van der Waals surface area (Å²) in [6, 6.07) is 7.29. The van der Waals surface area contributed by atoms with E-state index in [1.807, 2.05) is 26.0 Å². The third-order valence-electron chi connectivity index (χ3n) is 6.14. The number of pyridine rings is 3. The van der Waals surface area contributed by atoms with Crippen LogP contribution in [0.15, 0.2) is 36.7 Å². The van der Waals surface area contributed by atoms with Gasteiger partial charge in [-0.3, -0.25) is 4.98 Å². The Morgan fingerprint density at radius 1 is 1.20 bits per heavy atom. The summed E-state index contributed by atoms with van der Waals surface area (Å²) >= 11 is 0. The maximum Gasteiger partial charge on any atom is 0.164 e. The van der Waals surface area contributed by atoms with Crippen molar-refractivity contribution in [2.45, 2.75) is 38.7 Å². The first-order chi connectivity index (χ1) is 14.4. The van der Waals surface area contributed by atoms with Gasteiger partial charge in [-0.2, -0.15) is 0 Å². The molecule has 0 spiro atoms. The third kappa shape index (κ3) is 4.13. The molecule has 4 rings (SSSR count). The molecule has 1 fully saturated rings. The van der Waals surface area contributed by atoms with E-state index in [-0.39, 0.29) is 5.92 Å². The molecule has 1 aliphatic heterocycles. The molecule has 3 aromatic heterocycles. The highest BCUT2D eigenvalue weighted by Gasteiger charge is 2.36. The summed E-state index contributed by atoms with van der Waals surface area (Å²) in [6.45, 7) is 5.78. The SMILES string of the molecule is CCc1cc(Nc2cc3nc([C@](C)(O)C4CCN(C)CC4)ccc3cn2)c(F)cn1. The van der Waals surface area contributed by atoms with Gasteiger partial charge in [0, 0.05) is 23.3 Å². The number of piperidine rings is 1. The predicted molar refractivity (Wildman–Crippen MR) is 116 cm³/mol. The molecule has 6 nitrogen and oxygen atoms in total. The lowest BCUT2D eigenvalue weighted by molar-refractivity contribution is -0.0334. The predicted octanol–water partition coefficient (Wildman–Crippen LogP) is 4.02. The maximum absolute atomic E-state index is 14.2. The van der Waals surface area contributed by atoms with Crippen LogP contribution in [0.4, 0.5) is 15.9 Å². The standard InChI is InChI=1S/C23H28FN5O/c1-4-17-11-20(18(24)14-25-17)28-22-12-19-15(13-26-22)5-6-21(27-19)23(2,30)16-7-9-29(3)10-8-16/h5-6,11-14,16,30H,4,7-10H2,1-3H3,(H,25,26,28)/t23-/m1/s1. The van der Waals surface area contributed by atoms with Gasteiger partial charge in [0.05, 0.1) is 23.1 Å². The highest BCUT2D eigenvalue weighted by atomic mass is 19.1. The number of fused-ring (bicyclic) bond motifs is 1. The van der Waals surface area contributed by atoms with Crippen molar-refractivity contribution in [2.75, 3.05) is 25.5 Å². The zero-order chi connectivity index (χ0) is 21.3. The van der Waals surface area contributed by atoms with Crippen molar-refractivity contribution in [3.63, 3.8) is 0 Å². The average molecular weight is 410 g/mol. The number of aryl methyl sites for hydroxylation is 1. The Balaban J connectivity index is 1.63. The summed E-state index contributed by atoms with van der Waals surface area (Å²) in [6.07, 6.45) is 5.52. The van der Waals surface area contributed by atoms with Crippen LogP contribution in [-0.2, 0) is 12.0 Å². The van der Waals surface area contributed by atoms with Crippen molar-refractivity contribution in [3.05, 3.63) is 53.9 Å². The summed E-state index contributed by atoms with van der Waals surface area (Å²) < 4.78 is 14.2. The zero-order valence-electron chi connectivity index (χ0n) is 17.7. The Morgan fingerprint density at radius 2 is 1.97 bits per heavy atom. The van der Waals surface area contributed by atoms with Crippen molar-refractivity contribution >= 4 is 22.4 Å². The Morgan fingerprint density at radius 3 is 2.70 bits per heavy atom. The van der Waals surface area contributed by atoms with Crippen LogP contribution in [0.2, 0.25) is 0 Å². The van der Waals surface area contributed by atoms with E-state index in [1.54, 1.807) is 18.3 Å². The topological polar surface area (TPSA) is 74.2 Å². The molecule has 0 unspecified atom stereocenters. The molecule has 0 aromatic carbocycles. The number of hydrogen-bond donors (Lipinski definition) is 2. The van der Waals surface area contributed by atoms with Crippen LogP contribution < -0.4 is 5.32 Å². The highest BCUT2D eigenvalue weighted by molar-refractivity contribution is 5.81. The van der Waals surface area contributed by atoms with Gasteiger partial charge in [0.15, 0.2) is 5.82 Å². The first-order valence-corrected chi connectivity index (χ1v) is 10.5. The van der Waals surface area contributed by atoms with Gasteiger partial charge >= 0.3 is 0 Å². The van der Waals surface area contributed by atoms with Gasteiger partial charge in [-0.05, 0) is 70.4 Å². The first kappa shape index (κ1) is 20.6. The number of rotatable bonds is 5. The van der Waals surface area contributed by atoms with Crippen LogP contribution >= 0.6 is 0 Å². The molecule has 4 heterocycles. The Kier molecular flexibility index (Phi) is 5.66. The molecule has 0 amide bonds. The van der Waals surface area contributed by atoms with E-state index in [2.05, 4.69) is 27.2 Å². The molecule has 1 saturated heterocycles. The zero-order valence-corrected chi connectivity index (χ0v) is 17.7. The van der Waals surface area contributed by atoms with Gasteiger partial charge in [-0.25, -0.2) is 14.4 Å². The van der Waals surface area contributed by atoms with E-state index in [1.165, 1.54) is 6.20 Å². The number of likely N-dealkylation sites (tertiary alicyclic amines) is 1. The van der Waals surface area contributed by atoms with E-state index in [9.17, 15) is 9.50 Å². The lowest BCUT2D eigenvalue weighted by Gasteiger charge is -2.38. The van der Waals surface area contributed by atoms with Crippen LogP contribution in [-0.4, -0.2) is 45.1 Å². The van der Waals surface area contributed by atoms with Crippen LogP contribution in [0.3, 0.4) is 0 Å². The van der Waals surface area contributed by atoms with Crippen molar-refractivity contribution in [1.82, 2.24) is 19.9 Å². The molecule has 158 valence electrons. The maximum atomic E-state index is 14.2. The fourth-order valence-electron chi connectivity index (χ4n) is 4.06. The van der Waals surface area contributed by atoms with Crippen LogP contribution in [0.5, 0.6) is 0 Å². The quantitative estimate of drug-likeness (QED) is 0.663. The van der Waals surface area contributed by atoms with Crippen LogP contribution in [0.25, 0.3) is 10.9 Å². The summed E-state index contributed by atoms with van der Waals surface area (Å²) in [4.78, 5) is 15.5. The number of aromatic nitrogens is 3. The third-order valence-corrected chi connectivity index (χ3v) is 6.14. The second kappa shape index (κ2) is 8.24. The molecule has 1 atom stereocenters. The Bertz CT molecular complexity index is 1050. The van der Waals surface area contributed by atoms with E-state index < -0.39 is 11.4 Å². The summed E-state index contributed by atoms with van der Waals surface area (Å²) in [7, 11) is 2.11. The van der Waals surface area contributed by atoms with Gasteiger partial charge in [0.25, 0.3) is 0 Å². The summed E-state index contributed by atoms with van der Waals surface area (Å²) in [5.41, 5.74) is 1.51. The molecular formula is C23H28FN5O. The lowest BCUT2D eigenvalue weighted by Crippen LogP contribution is -2.41. The van der Waals surface area contributed by atoms with E-state index in [4.69, 9.17) is 4.98 Å². The molecule has 30 heavy (non-hydrogen) atoms. The second-order valence-electron chi connectivity index (χ2n) is 8.32. The van der Waals surface area contributed by atoms with Gasteiger partial charge in [-0.15, -0.1) is 0 Å². The fraction of sp³-hybridized carbons (Fsp3) is 0.435. The minimum Gasteiger partial charge on any atom is -0.384 e. The van der Waals surface area contributed by atoms with Gasteiger partial charge in [0.1, 0.15) is 11.4 Å². The fourth-order valence-corrected chi connectivity index (χ4v) is 4.06. The number of nitrogens with one attached hydrogen (secondary N) is 1. The molecule has 7 heteroatoms. The van der Waals surface area contributed by atoms with Crippen molar-refractivity contribution in [2.24, 2.45) is 5.92 Å².